The van der Waals surface area contributed by atoms with Crippen LogP contribution in [0, 0.1) is 0 Å². The monoisotopic (exact) mass is 391 g/mol. The van der Waals surface area contributed by atoms with Crippen LogP contribution in [0.5, 0.6) is 0 Å². The number of carbonyl (C=O) groups excluding carboxylic acids is 1. The number of carbonyl (C=O) groups is 1. The molecule has 0 radical (unpaired) electrons. The van der Waals surface area contributed by atoms with E-state index in [-0.39, 0.29) is 18.7 Å². The Bertz CT molecular complexity index is 659. The van der Waals surface area contributed by atoms with Gasteiger partial charge in [0, 0.05) is 38.9 Å². The summed E-state index contributed by atoms with van der Waals surface area (Å²) >= 11 is 0. The molecule has 0 aromatic carbocycles. The molecule has 8 heteroatoms. The molecule has 8 nitrogen and oxygen atoms in total. The molecule has 28 heavy (non-hydrogen) atoms. The zero-order valence-corrected chi connectivity index (χ0v) is 17.3. The molecule has 0 spiro atoms. The summed E-state index contributed by atoms with van der Waals surface area (Å²) in [6.07, 6.45) is 7.95. The van der Waals surface area contributed by atoms with Crippen molar-refractivity contribution < 1.29 is 14.3 Å². The number of hydrogen-bond acceptors (Lipinski definition) is 7. The van der Waals surface area contributed by atoms with Gasteiger partial charge in [-0.25, -0.2) is 9.78 Å². The van der Waals surface area contributed by atoms with Crippen molar-refractivity contribution in [1.29, 1.82) is 0 Å². The molecular formula is C20H33N5O3. The SMILES string of the molecule is COCCOC(=O)NC1CCC(Nc2nc3c(c(N(C)C)n2)CCCC3)CC1. The van der Waals surface area contributed by atoms with Crippen LogP contribution in [0.1, 0.15) is 49.8 Å². The van der Waals surface area contributed by atoms with Crippen LogP contribution in [0.4, 0.5) is 16.6 Å². The van der Waals surface area contributed by atoms with Crippen LogP contribution >= 0.6 is 0 Å². The predicted molar refractivity (Wildman–Crippen MR) is 109 cm³/mol. The highest BCUT2D eigenvalue weighted by molar-refractivity contribution is 5.67. The zero-order valence-electron chi connectivity index (χ0n) is 17.3. The number of rotatable bonds is 7. The Labute approximate surface area is 167 Å². The summed E-state index contributed by atoms with van der Waals surface area (Å²) in [6.45, 7) is 0.697. The number of nitrogens with zero attached hydrogens (tertiary/aromatic N) is 3. The third kappa shape index (κ3) is 5.47. The first-order chi connectivity index (χ1) is 13.6. The Morgan fingerprint density at radius 3 is 2.50 bits per heavy atom. The molecule has 1 aromatic heterocycles. The number of methoxy groups -OCH3 is 1. The number of ether oxygens (including phenoxy) is 2. The second kappa shape index (κ2) is 9.91. The van der Waals surface area contributed by atoms with Gasteiger partial charge in [0.05, 0.1) is 12.3 Å². The summed E-state index contributed by atoms with van der Waals surface area (Å²) < 4.78 is 9.96. The number of alkyl carbamates (subject to hydrolysis) is 1. The van der Waals surface area contributed by atoms with Crippen molar-refractivity contribution in [3.63, 3.8) is 0 Å². The van der Waals surface area contributed by atoms with Crippen molar-refractivity contribution >= 4 is 17.9 Å². The highest BCUT2D eigenvalue weighted by Crippen LogP contribution is 2.29. The van der Waals surface area contributed by atoms with Gasteiger partial charge in [-0.15, -0.1) is 0 Å². The summed E-state index contributed by atoms with van der Waals surface area (Å²) in [5, 5.41) is 6.48. The first kappa shape index (κ1) is 20.6. The van der Waals surface area contributed by atoms with Gasteiger partial charge in [0.15, 0.2) is 0 Å². The molecule has 1 aromatic rings. The molecule has 2 aliphatic carbocycles. The lowest BCUT2D eigenvalue weighted by atomic mass is 9.91. The molecule has 156 valence electrons. The summed E-state index contributed by atoms with van der Waals surface area (Å²) in [4.78, 5) is 23.5. The highest BCUT2D eigenvalue weighted by atomic mass is 16.6. The number of amides is 1. The minimum atomic E-state index is -0.359. The van der Waals surface area contributed by atoms with E-state index in [0.717, 1.165) is 50.3 Å². The number of aromatic nitrogens is 2. The van der Waals surface area contributed by atoms with E-state index >= 15 is 0 Å². The Balaban J connectivity index is 1.52. The van der Waals surface area contributed by atoms with Crippen molar-refractivity contribution in [2.45, 2.75) is 63.5 Å². The molecule has 2 aliphatic rings. The van der Waals surface area contributed by atoms with E-state index in [1.165, 1.54) is 24.1 Å². The van der Waals surface area contributed by atoms with E-state index in [0.29, 0.717) is 12.6 Å². The van der Waals surface area contributed by atoms with Crippen LogP contribution < -0.4 is 15.5 Å². The van der Waals surface area contributed by atoms with Crippen LogP contribution in [0.3, 0.4) is 0 Å². The minimum absolute atomic E-state index is 0.162. The number of aryl methyl sites for hydroxylation is 1. The molecule has 0 atom stereocenters. The molecule has 1 amide bonds. The second-order valence-corrected chi connectivity index (χ2v) is 7.86. The van der Waals surface area contributed by atoms with Gasteiger partial charge >= 0.3 is 6.09 Å². The van der Waals surface area contributed by atoms with Gasteiger partial charge in [-0.3, -0.25) is 0 Å². The van der Waals surface area contributed by atoms with Crippen molar-refractivity contribution in [1.82, 2.24) is 15.3 Å². The average molecular weight is 392 g/mol. The second-order valence-electron chi connectivity index (χ2n) is 7.86. The smallest absolute Gasteiger partial charge is 0.407 e. The molecule has 0 unspecified atom stereocenters. The summed E-state index contributed by atoms with van der Waals surface area (Å²) in [5.41, 5.74) is 2.50. The fourth-order valence-electron chi connectivity index (χ4n) is 4.00. The van der Waals surface area contributed by atoms with E-state index < -0.39 is 0 Å². The van der Waals surface area contributed by atoms with Gasteiger partial charge in [0.1, 0.15) is 12.4 Å². The Morgan fingerprint density at radius 1 is 1.07 bits per heavy atom. The van der Waals surface area contributed by atoms with E-state index in [1.54, 1.807) is 7.11 Å². The maximum absolute atomic E-state index is 11.8. The fourth-order valence-corrected chi connectivity index (χ4v) is 4.00. The van der Waals surface area contributed by atoms with E-state index in [9.17, 15) is 4.79 Å². The Morgan fingerprint density at radius 2 is 1.79 bits per heavy atom. The van der Waals surface area contributed by atoms with Gasteiger partial charge in [-0.2, -0.15) is 4.98 Å². The molecule has 2 N–H and O–H groups in total. The normalized spacial score (nSPS) is 21.5. The van der Waals surface area contributed by atoms with Gasteiger partial charge in [0.25, 0.3) is 0 Å². The van der Waals surface area contributed by atoms with Crippen LogP contribution in [0.2, 0.25) is 0 Å². The Hall–Kier alpha value is -2.09. The quantitative estimate of drug-likeness (QED) is 0.691. The van der Waals surface area contributed by atoms with E-state index in [4.69, 9.17) is 19.4 Å². The van der Waals surface area contributed by atoms with E-state index in [1.807, 2.05) is 14.1 Å². The third-order valence-corrected chi connectivity index (χ3v) is 5.49. The van der Waals surface area contributed by atoms with Gasteiger partial charge < -0.3 is 25.0 Å². The maximum atomic E-state index is 11.8. The molecule has 0 bridgehead atoms. The topological polar surface area (TPSA) is 88.6 Å². The van der Waals surface area contributed by atoms with Crippen molar-refractivity contribution in [2.24, 2.45) is 0 Å². The zero-order chi connectivity index (χ0) is 19.9. The van der Waals surface area contributed by atoms with Gasteiger partial charge in [-0.05, 0) is 51.4 Å². The standard InChI is InChI=1S/C20H33N5O3/c1-25(2)18-16-6-4-5-7-17(16)23-19(24-18)21-14-8-10-15(11-9-14)22-20(26)28-13-12-27-3/h14-15H,4-13H2,1-3H3,(H,22,26)(H,21,23,24). The van der Waals surface area contributed by atoms with Crippen LogP contribution in [0.25, 0.3) is 0 Å². The Kier molecular flexibility index (Phi) is 7.30. The molecule has 1 heterocycles. The summed E-state index contributed by atoms with van der Waals surface area (Å²) in [7, 11) is 5.68. The molecule has 3 rings (SSSR count). The highest BCUT2D eigenvalue weighted by Gasteiger charge is 2.25. The van der Waals surface area contributed by atoms with Gasteiger partial charge in [-0.1, -0.05) is 0 Å². The van der Waals surface area contributed by atoms with Crippen LogP contribution in [-0.2, 0) is 22.3 Å². The van der Waals surface area contributed by atoms with Crippen molar-refractivity contribution in [3.8, 4) is 0 Å². The molecular weight excluding hydrogens is 358 g/mol. The lowest BCUT2D eigenvalue weighted by molar-refractivity contribution is 0.0950. The number of nitrogens with one attached hydrogen (secondary N) is 2. The largest absolute Gasteiger partial charge is 0.447 e. The minimum Gasteiger partial charge on any atom is -0.447 e. The molecule has 1 fully saturated rings. The summed E-state index contributed by atoms with van der Waals surface area (Å²) in [6, 6.07) is 0.495. The number of hydrogen-bond donors (Lipinski definition) is 2. The molecule has 0 aliphatic heterocycles. The van der Waals surface area contributed by atoms with Crippen LogP contribution in [0.15, 0.2) is 0 Å². The lowest BCUT2D eigenvalue weighted by Gasteiger charge is -2.30. The summed E-state index contributed by atoms with van der Waals surface area (Å²) in [5.74, 6) is 1.78. The fraction of sp³-hybridized carbons (Fsp3) is 0.750. The van der Waals surface area contributed by atoms with Crippen molar-refractivity contribution in [3.05, 3.63) is 11.3 Å². The van der Waals surface area contributed by atoms with Crippen LogP contribution in [-0.4, -0.2) is 62.6 Å². The predicted octanol–water partition coefficient (Wildman–Crippen LogP) is 2.52. The first-order valence-corrected chi connectivity index (χ1v) is 10.3. The number of anilines is 2. The van der Waals surface area contributed by atoms with Gasteiger partial charge in [0.2, 0.25) is 5.95 Å². The average Bonchev–Trinajstić information content (AvgIpc) is 2.69. The molecule has 1 saturated carbocycles. The number of fused-ring (bicyclic) bond motifs is 1. The first-order valence-electron chi connectivity index (χ1n) is 10.3. The lowest BCUT2D eigenvalue weighted by Crippen LogP contribution is -2.40. The molecule has 0 saturated heterocycles. The van der Waals surface area contributed by atoms with E-state index in [2.05, 4.69) is 15.5 Å². The maximum Gasteiger partial charge on any atom is 0.407 e. The third-order valence-electron chi connectivity index (χ3n) is 5.49. The van der Waals surface area contributed by atoms with Crippen molar-refractivity contribution in [2.75, 3.05) is 44.6 Å².